The number of hydrogen-bond acceptors (Lipinski definition) is 6. The van der Waals surface area contributed by atoms with Crippen molar-refractivity contribution in [2.45, 2.75) is 13.3 Å². The Bertz CT molecular complexity index is 1990. The molecule has 0 atom stereocenters. The average molecular weight is 464 g/mol. The quantitative estimate of drug-likeness (QED) is 0.316. The molecule has 0 radical (unpaired) electrons. The number of hydrogen-bond donors (Lipinski definition) is 2. The molecule has 0 fully saturated rings. The summed E-state index contributed by atoms with van der Waals surface area (Å²) in [5, 5.41) is 11.1. The Labute approximate surface area is 195 Å². The Balaban J connectivity index is 1.79. The van der Waals surface area contributed by atoms with Crippen molar-refractivity contribution in [3.63, 3.8) is 0 Å². The van der Waals surface area contributed by atoms with E-state index in [0.29, 0.717) is 23.2 Å². The molecule has 2 N–H and O–H groups in total. The van der Waals surface area contributed by atoms with Crippen LogP contribution in [0, 0.1) is 0 Å². The summed E-state index contributed by atoms with van der Waals surface area (Å²) >= 11 is 1.56. The zero-order valence-corrected chi connectivity index (χ0v) is 18.8. The van der Waals surface area contributed by atoms with Gasteiger partial charge in [0.1, 0.15) is 10.3 Å². The lowest BCUT2D eigenvalue weighted by Gasteiger charge is -2.06. The second kappa shape index (κ2) is 7.06. The Hall–Kier alpha value is -4.37. The largest absolute Gasteiger partial charge is 0.337 e. The molecule has 7 rings (SSSR count). The van der Waals surface area contributed by atoms with Crippen molar-refractivity contribution in [1.82, 2.24) is 34.7 Å². The van der Waals surface area contributed by atoms with Gasteiger partial charge in [0.05, 0.1) is 28.1 Å². The number of carbonyl (C=O) groups is 1. The predicted molar refractivity (Wildman–Crippen MR) is 136 cm³/mol. The van der Waals surface area contributed by atoms with E-state index in [4.69, 9.17) is 4.98 Å². The number of aromatic nitrogens is 7. The number of nitrogens with zero attached hydrogens (tertiary/aromatic N) is 5. The molecule has 7 aromatic rings. The molecule has 164 valence electrons. The van der Waals surface area contributed by atoms with Gasteiger partial charge in [-0.2, -0.15) is 5.10 Å². The first kappa shape index (κ1) is 19.1. The van der Waals surface area contributed by atoms with Crippen LogP contribution in [0.5, 0.6) is 0 Å². The maximum Gasteiger partial charge on any atom is 0.231 e. The lowest BCUT2D eigenvalue weighted by atomic mass is 10.2. The average Bonchev–Trinajstić information content (AvgIpc) is 3.61. The molecule has 6 heterocycles. The van der Waals surface area contributed by atoms with Crippen molar-refractivity contribution >= 4 is 81.7 Å². The molecule has 34 heavy (non-hydrogen) atoms. The van der Waals surface area contributed by atoms with Crippen molar-refractivity contribution in [2.24, 2.45) is 0 Å². The molecule has 0 aliphatic rings. The molecular formula is C25H17N7OS. The molecule has 1 aromatic carbocycles. The normalized spacial score (nSPS) is 11.9. The minimum absolute atomic E-state index is 0.00243. The van der Waals surface area contributed by atoms with Gasteiger partial charge in [0.25, 0.3) is 0 Å². The van der Waals surface area contributed by atoms with Gasteiger partial charge in [-0.15, -0.1) is 11.3 Å². The second-order valence-corrected chi connectivity index (χ2v) is 9.19. The van der Waals surface area contributed by atoms with Gasteiger partial charge in [-0.25, -0.2) is 9.97 Å². The van der Waals surface area contributed by atoms with Gasteiger partial charge in [-0.1, -0.05) is 19.1 Å². The molecule has 0 saturated heterocycles. The van der Waals surface area contributed by atoms with E-state index in [1.54, 1.807) is 34.5 Å². The van der Waals surface area contributed by atoms with Crippen LogP contribution in [0.1, 0.15) is 18.1 Å². The highest BCUT2D eigenvalue weighted by molar-refractivity contribution is 7.24. The van der Waals surface area contributed by atoms with Crippen molar-refractivity contribution in [2.75, 3.05) is 0 Å². The summed E-state index contributed by atoms with van der Waals surface area (Å²) in [7, 11) is 0. The number of rotatable bonds is 1. The predicted octanol–water partition coefficient (Wildman–Crippen LogP) is 5.88. The third kappa shape index (κ3) is 2.74. The molecule has 0 unspecified atom stereocenters. The number of H-pyrrole nitrogens is 2. The highest BCUT2D eigenvalue weighted by Crippen LogP contribution is 2.30. The summed E-state index contributed by atoms with van der Waals surface area (Å²) in [6.07, 6.45) is 5.67. The van der Waals surface area contributed by atoms with E-state index < -0.39 is 0 Å². The van der Waals surface area contributed by atoms with Crippen LogP contribution in [0.4, 0.5) is 0 Å². The minimum atomic E-state index is 0.00243. The van der Waals surface area contributed by atoms with Gasteiger partial charge in [-0.3, -0.25) is 19.4 Å². The third-order valence-corrected chi connectivity index (χ3v) is 7.20. The number of imidazole rings is 1. The Morgan fingerprint density at radius 1 is 1.00 bits per heavy atom. The Kier molecular flexibility index (Phi) is 3.97. The van der Waals surface area contributed by atoms with E-state index in [9.17, 15) is 4.79 Å². The fourth-order valence-corrected chi connectivity index (χ4v) is 5.51. The molecule has 0 saturated carbocycles. The molecule has 8 nitrogen and oxygen atoms in total. The Morgan fingerprint density at radius 2 is 1.91 bits per heavy atom. The lowest BCUT2D eigenvalue weighted by molar-refractivity contribution is 0.0918. The number of benzene rings is 1. The van der Waals surface area contributed by atoms with Crippen molar-refractivity contribution in [1.29, 1.82) is 0 Å². The number of aromatic amines is 2. The number of nitrogens with one attached hydrogen (secondary N) is 2. The van der Waals surface area contributed by atoms with E-state index >= 15 is 0 Å². The summed E-state index contributed by atoms with van der Waals surface area (Å²) in [5.41, 5.74) is 4.56. The summed E-state index contributed by atoms with van der Waals surface area (Å²) in [6.45, 7) is 1.87. The van der Waals surface area contributed by atoms with Crippen LogP contribution in [0.15, 0.2) is 61.1 Å². The van der Waals surface area contributed by atoms with E-state index in [1.807, 2.05) is 43.3 Å². The number of thiophene rings is 1. The highest BCUT2D eigenvalue weighted by Gasteiger charge is 2.12. The van der Waals surface area contributed by atoms with Crippen LogP contribution < -0.4 is 0 Å². The van der Waals surface area contributed by atoms with Crippen LogP contribution in [0.3, 0.4) is 0 Å². The molecule has 8 bridgehead atoms. The van der Waals surface area contributed by atoms with Crippen molar-refractivity contribution in [3.05, 3.63) is 61.1 Å². The van der Waals surface area contributed by atoms with Gasteiger partial charge >= 0.3 is 0 Å². The molecule has 0 aliphatic carbocycles. The summed E-state index contributed by atoms with van der Waals surface area (Å²) < 4.78 is 2.77. The fourth-order valence-electron chi connectivity index (χ4n) is 4.44. The van der Waals surface area contributed by atoms with Gasteiger partial charge in [0.2, 0.25) is 5.91 Å². The van der Waals surface area contributed by atoms with E-state index in [0.717, 1.165) is 47.6 Å². The number of para-hydroxylation sites is 1. The topological polar surface area (TPSA) is 105 Å². The zero-order chi connectivity index (χ0) is 22.8. The van der Waals surface area contributed by atoms with Crippen LogP contribution in [-0.2, 0) is 0 Å². The first-order chi connectivity index (χ1) is 16.7. The monoisotopic (exact) mass is 463 g/mol. The van der Waals surface area contributed by atoms with Crippen molar-refractivity contribution < 1.29 is 4.79 Å². The van der Waals surface area contributed by atoms with Crippen LogP contribution >= 0.6 is 11.3 Å². The second-order valence-electron chi connectivity index (χ2n) is 8.13. The molecule has 0 aliphatic heterocycles. The first-order valence-corrected chi connectivity index (χ1v) is 11.7. The highest BCUT2D eigenvalue weighted by atomic mass is 32.1. The zero-order valence-electron chi connectivity index (χ0n) is 18.0. The summed E-state index contributed by atoms with van der Waals surface area (Å²) in [6, 6.07) is 14.1. The number of fused-ring (bicyclic) bond motifs is 9. The molecule has 9 heteroatoms. The van der Waals surface area contributed by atoms with Crippen molar-refractivity contribution in [3.8, 4) is 0 Å². The van der Waals surface area contributed by atoms with Gasteiger partial charge < -0.3 is 4.98 Å². The summed E-state index contributed by atoms with van der Waals surface area (Å²) in [4.78, 5) is 31.3. The molecule has 0 spiro atoms. The van der Waals surface area contributed by atoms with Crippen LogP contribution in [0.25, 0.3) is 64.4 Å². The SMILES string of the molecule is CCC(=O)n1c2cncc(c2)c2cnc3[nH]nc(c4nc5c(cccc5c5ccc1s5)[nH]4)c3c2. The van der Waals surface area contributed by atoms with E-state index in [-0.39, 0.29) is 5.91 Å². The number of pyridine rings is 2. The molecule has 0 amide bonds. The fraction of sp³-hybridized carbons (Fsp3) is 0.0800. The third-order valence-electron chi connectivity index (χ3n) is 6.10. The standard InChI is InChI=1S/C25H17N7OS/c1-2-20(33)32-15-8-13(10-26-12-15)14-9-17-23(30-31-24(17)27-11-14)25-28-18-5-3-4-16(22(18)29-25)19-6-7-21(32)34-19/h3-12H,2H2,1H3,(H,28,29)(H,27,30,31). The first-order valence-electron chi connectivity index (χ1n) is 10.9. The van der Waals surface area contributed by atoms with Gasteiger partial charge in [0.15, 0.2) is 11.3 Å². The molecular weight excluding hydrogens is 446 g/mol. The lowest BCUT2D eigenvalue weighted by Crippen LogP contribution is -2.09. The van der Waals surface area contributed by atoms with E-state index in [2.05, 4.69) is 31.2 Å². The van der Waals surface area contributed by atoms with Crippen LogP contribution in [-0.4, -0.2) is 40.6 Å². The van der Waals surface area contributed by atoms with Crippen LogP contribution in [0.2, 0.25) is 0 Å². The van der Waals surface area contributed by atoms with E-state index in [1.165, 1.54) is 0 Å². The smallest absolute Gasteiger partial charge is 0.231 e. The Morgan fingerprint density at radius 3 is 2.82 bits per heavy atom. The maximum atomic E-state index is 13.1. The summed E-state index contributed by atoms with van der Waals surface area (Å²) in [5.74, 6) is 0.00243. The maximum absolute atomic E-state index is 13.1. The number of carbonyl (C=O) groups excluding carboxylic acids is 1. The minimum Gasteiger partial charge on any atom is -0.337 e. The van der Waals surface area contributed by atoms with Gasteiger partial charge in [0, 0.05) is 39.7 Å². The van der Waals surface area contributed by atoms with Gasteiger partial charge in [-0.05, 0) is 30.3 Å². The molecule has 6 aromatic heterocycles.